The molecule has 90 valence electrons. The Morgan fingerprint density at radius 1 is 1.50 bits per heavy atom. The maximum atomic E-state index is 10.6. The number of ether oxygens (including phenoxy) is 1. The van der Waals surface area contributed by atoms with Crippen LogP contribution in [0.25, 0.3) is 0 Å². The summed E-state index contributed by atoms with van der Waals surface area (Å²) in [5, 5.41) is 0. The molecule has 0 radical (unpaired) electrons. The molecule has 1 rings (SSSR count). The molecule has 1 heterocycles. The van der Waals surface area contributed by atoms with E-state index in [9.17, 15) is 4.79 Å². The van der Waals surface area contributed by atoms with Gasteiger partial charge >= 0.3 is 5.97 Å². The summed E-state index contributed by atoms with van der Waals surface area (Å²) in [7, 11) is 0. The number of nitrogens with zero attached hydrogens (tertiary/aromatic N) is 1. The Morgan fingerprint density at radius 2 is 2.19 bits per heavy atom. The largest absolute Gasteiger partial charge is 1.00 e. The van der Waals surface area contributed by atoms with Gasteiger partial charge in [-0.2, -0.15) is 0 Å². The molecule has 3 nitrogen and oxygen atoms in total. The number of carbonyl (C=O) groups excluding carboxylic acids is 1. The van der Waals surface area contributed by atoms with Gasteiger partial charge in [0.05, 0.1) is 6.61 Å². The van der Waals surface area contributed by atoms with Crippen LogP contribution >= 0.6 is 0 Å². The van der Waals surface area contributed by atoms with Crippen molar-refractivity contribution in [3.63, 3.8) is 0 Å². The number of esters is 1. The minimum Gasteiger partial charge on any atom is -1.00 e. The van der Waals surface area contributed by atoms with Crippen LogP contribution in [0.3, 0.4) is 0 Å². The Hall–Kier alpha value is -0.900. The number of pyridine rings is 1. The van der Waals surface area contributed by atoms with E-state index in [1.54, 1.807) is 0 Å². The van der Waals surface area contributed by atoms with Gasteiger partial charge < -0.3 is 21.7 Å². The second kappa shape index (κ2) is 7.39. The highest BCUT2D eigenvalue weighted by Gasteiger charge is 2.05. The van der Waals surface area contributed by atoms with Crippen molar-refractivity contribution < 1.29 is 31.1 Å². The zero-order valence-electron chi connectivity index (χ0n) is 10.00. The van der Waals surface area contributed by atoms with E-state index in [0.29, 0.717) is 6.61 Å². The lowest BCUT2D eigenvalue weighted by Crippen LogP contribution is -3.00. The van der Waals surface area contributed by atoms with Crippen molar-refractivity contribution in [2.24, 2.45) is 0 Å². The van der Waals surface area contributed by atoms with Crippen LogP contribution in [0, 0.1) is 6.92 Å². The van der Waals surface area contributed by atoms with E-state index in [4.69, 9.17) is 4.74 Å². The topological polar surface area (TPSA) is 30.2 Å². The SMILES string of the molecule is CC[n+]1ccc(C)c(CCOC(C)=O)c1.[Br-]. The predicted octanol–water partition coefficient (Wildman–Crippen LogP) is -1.59. The van der Waals surface area contributed by atoms with Crippen LogP contribution in [0.4, 0.5) is 0 Å². The van der Waals surface area contributed by atoms with E-state index in [2.05, 4.69) is 36.9 Å². The molecule has 0 bridgehead atoms. The quantitative estimate of drug-likeness (QED) is 0.494. The Kier molecular flexibility index (Phi) is 6.97. The Balaban J connectivity index is 0.00000225. The molecule has 0 aliphatic carbocycles. The molecule has 0 N–H and O–H groups in total. The van der Waals surface area contributed by atoms with Crippen LogP contribution in [0.15, 0.2) is 18.5 Å². The number of aryl methyl sites for hydroxylation is 2. The third kappa shape index (κ3) is 4.75. The van der Waals surface area contributed by atoms with E-state index >= 15 is 0 Å². The second-order valence-electron chi connectivity index (χ2n) is 3.57. The highest BCUT2D eigenvalue weighted by Crippen LogP contribution is 2.05. The summed E-state index contributed by atoms with van der Waals surface area (Å²) < 4.78 is 7.05. The van der Waals surface area contributed by atoms with Crippen molar-refractivity contribution in [2.75, 3.05) is 6.61 Å². The monoisotopic (exact) mass is 287 g/mol. The van der Waals surface area contributed by atoms with Crippen molar-refractivity contribution in [3.8, 4) is 0 Å². The highest BCUT2D eigenvalue weighted by molar-refractivity contribution is 5.65. The predicted molar refractivity (Wildman–Crippen MR) is 57.4 cm³/mol. The van der Waals surface area contributed by atoms with E-state index in [1.807, 2.05) is 0 Å². The Labute approximate surface area is 107 Å². The second-order valence-corrected chi connectivity index (χ2v) is 3.57. The van der Waals surface area contributed by atoms with Crippen LogP contribution in [0.2, 0.25) is 0 Å². The maximum absolute atomic E-state index is 10.6. The fourth-order valence-electron chi connectivity index (χ4n) is 1.42. The molecule has 0 saturated carbocycles. The van der Waals surface area contributed by atoms with Crippen LogP contribution < -0.4 is 21.5 Å². The van der Waals surface area contributed by atoms with Crippen molar-refractivity contribution in [1.82, 2.24) is 0 Å². The van der Waals surface area contributed by atoms with Gasteiger partial charge in [0, 0.05) is 25.0 Å². The first-order valence-corrected chi connectivity index (χ1v) is 5.25. The van der Waals surface area contributed by atoms with E-state index < -0.39 is 0 Å². The summed E-state index contributed by atoms with van der Waals surface area (Å²) in [5.41, 5.74) is 2.48. The molecule has 1 aromatic heterocycles. The fourth-order valence-corrected chi connectivity index (χ4v) is 1.42. The molecule has 0 aliphatic rings. The maximum Gasteiger partial charge on any atom is 0.302 e. The summed E-state index contributed by atoms with van der Waals surface area (Å²) >= 11 is 0. The molecule has 0 amide bonds. The third-order valence-corrected chi connectivity index (χ3v) is 2.39. The average Bonchev–Trinajstić information content (AvgIpc) is 2.20. The van der Waals surface area contributed by atoms with E-state index in [0.717, 1.165) is 13.0 Å². The average molecular weight is 288 g/mol. The number of carbonyl (C=O) groups is 1. The molecule has 0 spiro atoms. The number of aromatic nitrogens is 1. The zero-order valence-corrected chi connectivity index (χ0v) is 11.6. The van der Waals surface area contributed by atoms with Gasteiger partial charge in [0.15, 0.2) is 12.4 Å². The number of halogens is 1. The molecule has 0 unspecified atom stereocenters. The molecule has 16 heavy (non-hydrogen) atoms. The van der Waals surface area contributed by atoms with Gasteiger partial charge in [-0.3, -0.25) is 4.79 Å². The smallest absolute Gasteiger partial charge is 0.302 e. The Bertz CT molecular complexity index is 353. The van der Waals surface area contributed by atoms with Gasteiger partial charge in [0.1, 0.15) is 6.54 Å². The summed E-state index contributed by atoms with van der Waals surface area (Å²) in [5.74, 6) is -0.216. The molecule has 1 aromatic rings. The summed E-state index contributed by atoms with van der Waals surface area (Å²) in [4.78, 5) is 10.6. The van der Waals surface area contributed by atoms with E-state index in [1.165, 1.54) is 18.1 Å². The first-order valence-electron chi connectivity index (χ1n) is 5.25. The molecular formula is C12H18BrNO2. The number of hydrogen-bond donors (Lipinski definition) is 0. The molecular weight excluding hydrogens is 270 g/mol. The van der Waals surface area contributed by atoms with Gasteiger partial charge in [-0.1, -0.05) is 0 Å². The van der Waals surface area contributed by atoms with E-state index in [-0.39, 0.29) is 23.0 Å². The lowest BCUT2D eigenvalue weighted by atomic mass is 10.1. The fraction of sp³-hybridized carbons (Fsp3) is 0.500. The molecule has 0 aliphatic heterocycles. The lowest BCUT2D eigenvalue weighted by Gasteiger charge is -2.04. The van der Waals surface area contributed by atoms with Crippen LogP contribution in [0.1, 0.15) is 25.0 Å². The van der Waals surface area contributed by atoms with Gasteiger partial charge in [0.25, 0.3) is 0 Å². The summed E-state index contributed by atoms with van der Waals surface area (Å²) in [6, 6.07) is 2.09. The third-order valence-electron chi connectivity index (χ3n) is 2.39. The summed E-state index contributed by atoms with van der Waals surface area (Å²) in [6.07, 6.45) is 4.95. The highest BCUT2D eigenvalue weighted by atomic mass is 79.9. The van der Waals surface area contributed by atoms with Crippen LogP contribution in [-0.4, -0.2) is 12.6 Å². The minimum absolute atomic E-state index is 0. The molecule has 4 heteroatoms. The van der Waals surface area contributed by atoms with Crippen molar-refractivity contribution in [3.05, 3.63) is 29.6 Å². The molecule has 0 fully saturated rings. The van der Waals surface area contributed by atoms with Crippen LogP contribution in [0.5, 0.6) is 0 Å². The number of hydrogen-bond acceptors (Lipinski definition) is 2. The molecule has 0 aromatic carbocycles. The first-order chi connectivity index (χ1) is 7.13. The zero-order chi connectivity index (χ0) is 11.3. The van der Waals surface area contributed by atoms with Gasteiger partial charge in [-0.25, -0.2) is 4.57 Å². The molecule has 0 saturated heterocycles. The lowest BCUT2D eigenvalue weighted by molar-refractivity contribution is -0.694. The van der Waals surface area contributed by atoms with Crippen molar-refractivity contribution >= 4 is 5.97 Å². The van der Waals surface area contributed by atoms with Crippen molar-refractivity contribution in [2.45, 2.75) is 33.7 Å². The van der Waals surface area contributed by atoms with Crippen molar-refractivity contribution in [1.29, 1.82) is 0 Å². The Morgan fingerprint density at radius 3 is 2.75 bits per heavy atom. The summed E-state index contributed by atoms with van der Waals surface area (Å²) in [6.45, 7) is 7.03. The van der Waals surface area contributed by atoms with Gasteiger partial charge in [-0.05, 0) is 19.4 Å². The van der Waals surface area contributed by atoms with Gasteiger partial charge in [0.2, 0.25) is 0 Å². The first kappa shape index (κ1) is 15.1. The normalized spacial score (nSPS) is 9.44. The molecule has 0 atom stereocenters. The van der Waals surface area contributed by atoms with Gasteiger partial charge in [-0.15, -0.1) is 0 Å². The standard InChI is InChI=1S/C12H18NO2.BrH/c1-4-13-7-5-10(2)12(9-13)6-8-15-11(3)14;/h5,7,9H,4,6,8H2,1-3H3;1H/q+1;/p-1. The van der Waals surface area contributed by atoms with Crippen LogP contribution in [-0.2, 0) is 22.5 Å². The number of rotatable bonds is 4. The minimum atomic E-state index is -0.216.